The fourth-order valence-electron chi connectivity index (χ4n) is 1.82. The first-order valence-corrected chi connectivity index (χ1v) is 7.56. The van der Waals surface area contributed by atoms with Crippen molar-refractivity contribution in [3.63, 3.8) is 0 Å². The van der Waals surface area contributed by atoms with Gasteiger partial charge in [-0.15, -0.1) is 0 Å². The molecule has 2 aromatic carbocycles. The Morgan fingerprint density at radius 3 is 2.70 bits per heavy atom. The van der Waals surface area contributed by atoms with Crippen LogP contribution in [-0.4, -0.2) is 13.0 Å². The number of carbonyl (C=O) groups excluding carboxylic acids is 1. The molecule has 0 aromatic heterocycles. The second kappa shape index (κ2) is 7.06. The lowest BCUT2D eigenvalue weighted by Gasteiger charge is -2.11. The summed E-state index contributed by atoms with van der Waals surface area (Å²) in [4.78, 5) is 12.2. The average Bonchev–Trinajstić information content (AvgIpc) is 2.44. The van der Waals surface area contributed by atoms with E-state index >= 15 is 0 Å². The van der Waals surface area contributed by atoms with Gasteiger partial charge in [0, 0.05) is 21.4 Å². The molecule has 0 aliphatic carbocycles. The zero-order valence-electron chi connectivity index (χ0n) is 10.9. The van der Waals surface area contributed by atoms with Gasteiger partial charge in [-0.2, -0.15) is 0 Å². The maximum Gasteiger partial charge on any atom is 0.255 e. The van der Waals surface area contributed by atoms with E-state index in [1.54, 1.807) is 12.1 Å². The Morgan fingerprint density at radius 1 is 1.25 bits per heavy atom. The molecule has 0 atom stereocenters. The Labute approximate surface area is 136 Å². The minimum atomic E-state index is -0.160. The van der Waals surface area contributed by atoms with E-state index in [1.165, 1.54) is 0 Å². The van der Waals surface area contributed by atoms with Crippen molar-refractivity contribution in [2.24, 2.45) is 0 Å². The first kappa shape index (κ1) is 15.3. The van der Waals surface area contributed by atoms with Gasteiger partial charge in [0.25, 0.3) is 5.91 Å². The molecule has 5 heteroatoms. The number of halogens is 2. The van der Waals surface area contributed by atoms with Gasteiger partial charge >= 0.3 is 0 Å². The number of hydrogen-bond donors (Lipinski definition) is 2. The summed E-state index contributed by atoms with van der Waals surface area (Å²) in [5.41, 5.74) is 2.40. The highest BCUT2D eigenvalue weighted by Gasteiger charge is 2.10. The van der Waals surface area contributed by atoms with Crippen LogP contribution >= 0.6 is 34.2 Å². The lowest BCUT2D eigenvalue weighted by molar-refractivity contribution is 0.102. The number of amides is 1. The zero-order valence-corrected chi connectivity index (χ0v) is 13.8. The minimum Gasteiger partial charge on any atom is -0.322 e. The summed E-state index contributed by atoms with van der Waals surface area (Å²) >= 11 is 8.18. The molecule has 0 heterocycles. The van der Waals surface area contributed by atoms with Crippen LogP contribution in [0.1, 0.15) is 15.9 Å². The van der Waals surface area contributed by atoms with Gasteiger partial charge < -0.3 is 10.6 Å². The van der Waals surface area contributed by atoms with Gasteiger partial charge in [0.2, 0.25) is 0 Å². The Bertz CT molecular complexity index is 631. The summed E-state index contributed by atoms with van der Waals surface area (Å²) in [7, 11) is 1.87. The van der Waals surface area contributed by atoms with Gasteiger partial charge in [0.15, 0.2) is 0 Å². The molecule has 0 radical (unpaired) electrons. The molecular weight excluding hydrogens is 387 g/mol. The average molecular weight is 401 g/mol. The molecule has 0 unspecified atom stereocenters. The van der Waals surface area contributed by atoms with Gasteiger partial charge in [-0.25, -0.2) is 0 Å². The SMILES string of the molecule is CNCc1ccccc1NC(=O)c1ccc(I)c(Cl)c1. The molecule has 0 saturated heterocycles. The van der Waals surface area contributed by atoms with E-state index in [9.17, 15) is 4.79 Å². The van der Waals surface area contributed by atoms with Crippen LogP contribution in [-0.2, 0) is 6.54 Å². The molecule has 104 valence electrons. The molecule has 2 N–H and O–H groups in total. The quantitative estimate of drug-likeness (QED) is 0.764. The number of anilines is 1. The summed E-state index contributed by atoms with van der Waals surface area (Å²) in [6.07, 6.45) is 0. The Balaban J connectivity index is 2.21. The smallest absolute Gasteiger partial charge is 0.255 e. The van der Waals surface area contributed by atoms with E-state index in [0.717, 1.165) is 14.8 Å². The molecule has 20 heavy (non-hydrogen) atoms. The highest BCUT2D eigenvalue weighted by molar-refractivity contribution is 14.1. The Kier molecular flexibility index (Phi) is 5.39. The third-order valence-electron chi connectivity index (χ3n) is 2.81. The van der Waals surface area contributed by atoms with Crippen LogP contribution in [0.5, 0.6) is 0 Å². The second-order valence-corrected chi connectivity index (χ2v) is 5.84. The fraction of sp³-hybridized carbons (Fsp3) is 0.133. The Hall–Kier alpha value is -1.11. The lowest BCUT2D eigenvalue weighted by atomic mass is 10.1. The second-order valence-electron chi connectivity index (χ2n) is 4.27. The molecule has 0 spiro atoms. The largest absolute Gasteiger partial charge is 0.322 e. The Morgan fingerprint density at radius 2 is 2.00 bits per heavy atom. The van der Waals surface area contributed by atoms with Crippen molar-refractivity contribution >= 4 is 45.8 Å². The topological polar surface area (TPSA) is 41.1 Å². The van der Waals surface area contributed by atoms with Crippen LogP contribution in [0.25, 0.3) is 0 Å². The van der Waals surface area contributed by atoms with Gasteiger partial charge in [-0.05, 0) is 59.5 Å². The predicted octanol–water partition coefficient (Wildman–Crippen LogP) is 3.92. The fourth-order valence-corrected chi connectivity index (χ4v) is 2.33. The normalized spacial score (nSPS) is 10.3. The number of carbonyl (C=O) groups is 1. The van der Waals surface area contributed by atoms with E-state index in [0.29, 0.717) is 17.1 Å². The number of hydrogen-bond acceptors (Lipinski definition) is 2. The lowest BCUT2D eigenvalue weighted by Crippen LogP contribution is -2.15. The van der Waals surface area contributed by atoms with Gasteiger partial charge in [-0.3, -0.25) is 4.79 Å². The summed E-state index contributed by atoms with van der Waals surface area (Å²) in [6.45, 7) is 0.698. The molecule has 0 fully saturated rings. The molecule has 0 aliphatic heterocycles. The van der Waals surface area contributed by atoms with Crippen molar-refractivity contribution in [2.75, 3.05) is 12.4 Å². The van der Waals surface area contributed by atoms with E-state index < -0.39 is 0 Å². The van der Waals surface area contributed by atoms with Crippen molar-refractivity contribution in [1.82, 2.24) is 5.32 Å². The van der Waals surface area contributed by atoms with Crippen LogP contribution in [0, 0.1) is 3.57 Å². The van der Waals surface area contributed by atoms with E-state index in [4.69, 9.17) is 11.6 Å². The monoisotopic (exact) mass is 400 g/mol. The maximum atomic E-state index is 12.2. The molecule has 0 saturated carbocycles. The van der Waals surface area contributed by atoms with E-state index in [1.807, 2.05) is 37.4 Å². The molecule has 0 aliphatic rings. The van der Waals surface area contributed by atoms with Crippen molar-refractivity contribution < 1.29 is 4.79 Å². The molecule has 2 aromatic rings. The van der Waals surface area contributed by atoms with Crippen LogP contribution in [0.2, 0.25) is 5.02 Å². The van der Waals surface area contributed by atoms with Gasteiger partial charge in [-0.1, -0.05) is 29.8 Å². The minimum absolute atomic E-state index is 0.160. The van der Waals surface area contributed by atoms with Crippen LogP contribution < -0.4 is 10.6 Å². The van der Waals surface area contributed by atoms with Crippen LogP contribution in [0.15, 0.2) is 42.5 Å². The highest BCUT2D eigenvalue weighted by atomic mass is 127. The van der Waals surface area contributed by atoms with E-state index in [-0.39, 0.29) is 5.91 Å². The first-order chi connectivity index (χ1) is 9.61. The van der Waals surface area contributed by atoms with Crippen molar-refractivity contribution in [2.45, 2.75) is 6.54 Å². The maximum absolute atomic E-state index is 12.2. The number of rotatable bonds is 4. The van der Waals surface area contributed by atoms with Crippen molar-refractivity contribution in [1.29, 1.82) is 0 Å². The number of nitrogens with one attached hydrogen (secondary N) is 2. The molecule has 1 amide bonds. The standard InChI is InChI=1S/C15H14ClIN2O/c1-18-9-11-4-2-3-5-14(11)19-15(20)10-6-7-13(17)12(16)8-10/h2-8,18H,9H2,1H3,(H,19,20). The summed E-state index contributed by atoms with van der Waals surface area (Å²) in [6, 6.07) is 13.0. The molecule has 2 rings (SSSR count). The van der Waals surface area contributed by atoms with Crippen LogP contribution in [0.3, 0.4) is 0 Å². The van der Waals surface area contributed by atoms with Gasteiger partial charge in [0.1, 0.15) is 0 Å². The highest BCUT2D eigenvalue weighted by Crippen LogP contribution is 2.21. The van der Waals surface area contributed by atoms with E-state index in [2.05, 4.69) is 33.2 Å². The molecule has 3 nitrogen and oxygen atoms in total. The van der Waals surface area contributed by atoms with Crippen molar-refractivity contribution in [3.05, 3.63) is 62.2 Å². The van der Waals surface area contributed by atoms with Crippen LogP contribution in [0.4, 0.5) is 5.69 Å². The molecular formula is C15H14ClIN2O. The third kappa shape index (κ3) is 3.71. The third-order valence-corrected chi connectivity index (χ3v) is 4.39. The zero-order chi connectivity index (χ0) is 14.5. The predicted molar refractivity (Wildman–Crippen MR) is 91.3 cm³/mol. The van der Waals surface area contributed by atoms with Gasteiger partial charge in [0.05, 0.1) is 5.02 Å². The first-order valence-electron chi connectivity index (χ1n) is 6.10. The summed E-state index contributed by atoms with van der Waals surface area (Å²) < 4.78 is 0.927. The summed E-state index contributed by atoms with van der Waals surface area (Å²) in [5, 5.41) is 6.58. The van der Waals surface area contributed by atoms with Crippen molar-refractivity contribution in [3.8, 4) is 0 Å². The molecule has 0 bridgehead atoms. The summed E-state index contributed by atoms with van der Waals surface area (Å²) in [5.74, 6) is -0.160. The number of benzene rings is 2. The number of para-hydroxylation sites is 1.